The van der Waals surface area contributed by atoms with Crippen LogP contribution in [0.5, 0.6) is 0 Å². The van der Waals surface area contributed by atoms with Gasteiger partial charge in [-0.3, -0.25) is 9.59 Å². The Kier molecular flexibility index (Phi) is 3.42. The van der Waals surface area contributed by atoms with Gasteiger partial charge in [-0.15, -0.1) is 0 Å². The number of hydrogen-bond donors (Lipinski definition) is 3. The van der Waals surface area contributed by atoms with Crippen molar-refractivity contribution in [3.63, 3.8) is 0 Å². The zero-order chi connectivity index (χ0) is 17.4. The molecule has 3 N–H and O–H groups in total. The quantitative estimate of drug-likeness (QED) is 0.614. The molecule has 0 saturated heterocycles. The maximum atomic E-state index is 12.4. The molecule has 3 fully saturated rings. The SMILES string of the molecule is C[C@]12C[C@H](O)[C@H]3[C@@H](CCC4=CC(=O)C(O)C(O)[C@@]43C)[C@@H]1CCC2=O. The largest absolute Gasteiger partial charge is 0.393 e. The number of fused-ring (bicyclic) bond motifs is 5. The molecular weight excluding hydrogens is 308 g/mol. The maximum absolute atomic E-state index is 12.4. The van der Waals surface area contributed by atoms with E-state index in [9.17, 15) is 24.9 Å². The fourth-order valence-corrected chi connectivity index (χ4v) is 6.53. The van der Waals surface area contributed by atoms with Crippen molar-refractivity contribution in [3.05, 3.63) is 11.6 Å². The van der Waals surface area contributed by atoms with E-state index in [4.69, 9.17) is 0 Å². The van der Waals surface area contributed by atoms with E-state index >= 15 is 0 Å². The molecule has 5 heteroatoms. The van der Waals surface area contributed by atoms with Crippen molar-refractivity contribution in [2.45, 2.75) is 64.3 Å². The molecule has 132 valence electrons. The number of ketones is 2. The van der Waals surface area contributed by atoms with Gasteiger partial charge < -0.3 is 15.3 Å². The van der Waals surface area contributed by atoms with Gasteiger partial charge in [0.15, 0.2) is 5.78 Å². The lowest BCUT2D eigenvalue weighted by Crippen LogP contribution is -2.63. The van der Waals surface area contributed by atoms with Crippen LogP contribution in [-0.4, -0.2) is 45.2 Å². The predicted octanol–water partition coefficient (Wildman–Crippen LogP) is 1.000. The van der Waals surface area contributed by atoms with Crippen LogP contribution in [0.15, 0.2) is 11.6 Å². The van der Waals surface area contributed by atoms with Crippen LogP contribution >= 0.6 is 0 Å². The van der Waals surface area contributed by atoms with E-state index in [0.29, 0.717) is 19.3 Å². The van der Waals surface area contributed by atoms with Gasteiger partial charge in [-0.2, -0.15) is 0 Å². The van der Waals surface area contributed by atoms with Crippen molar-refractivity contribution in [2.75, 3.05) is 0 Å². The number of carbonyl (C=O) groups excluding carboxylic acids is 2. The average Bonchev–Trinajstić information content (AvgIpc) is 2.82. The van der Waals surface area contributed by atoms with E-state index in [1.165, 1.54) is 6.08 Å². The lowest BCUT2D eigenvalue weighted by atomic mass is 9.45. The van der Waals surface area contributed by atoms with Crippen LogP contribution in [0, 0.1) is 28.6 Å². The third kappa shape index (κ3) is 1.81. The minimum atomic E-state index is -1.43. The number of aliphatic hydroxyl groups is 3. The third-order valence-corrected chi connectivity index (χ3v) is 7.82. The lowest BCUT2D eigenvalue weighted by molar-refractivity contribution is -0.174. The van der Waals surface area contributed by atoms with Gasteiger partial charge >= 0.3 is 0 Å². The molecule has 0 aliphatic heterocycles. The third-order valence-electron chi connectivity index (χ3n) is 7.82. The molecule has 0 aromatic heterocycles. The van der Waals surface area contributed by atoms with Crippen LogP contribution < -0.4 is 0 Å². The fraction of sp³-hybridized carbons (Fsp3) is 0.789. The Balaban J connectivity index is 1.80. The second kappa shape index (κ2) is 4.99. The zero-order valence-electron chi connectivity index (χ0n) is 14.2. The normalized spacial score (nSPS) is 54.0. The van der Waals surface area contributed by atoms with Crippen molar-refractivity contribution < 1.29 is 24.9 Å². The Bertz CT molecular complexity index is 640. The molecular formula is C19H26O5. The summed E-state index contributed by atoms with van der Waals surface area (Å²) in [6.45, 7) is 3.86. The first-order valence-corrected chi connectivity index (χ1v) is 9.03. The van der Waals surface area contributed by atoms with Gasteiger partial charge in [-0.1, -0.05) is 19.4 Å². The molecule has 4 aliphatic carbocycles. The van der Waals surface area contributed by atoms with E-state index in [1.807, 2.05) is 13.8 Å². The summed E-state index contributed by atoms with van der Waals surface area (Å²) in [5.74, 6) is -0.0594. The Morgan fingerprint density at radius 3 is 2.50 bits per heavy atom. The smallest absolute Gasteiger partial charge is 0.186 e. The Hall–Kier alpha value is -1.04. The highest BCUT2D eigenvalue weighted by atomic mass is 16.3. The molecule has 4 rings (SSSR count). The molecule has 0 spiro atoms. The van der Waals surface area contributed by atoms with Crippen molar-refractivity contribution in [2.24, 2.45) is 28.6 Å². The number of Topliss-reactive ketones (excluding diaryl/α,β-unsaturated/α-hetero) is 1. The average molecular weight is 334 g/mol. The molecule has 0 aromatic rings. The van der Waals surface area contributed by atoms with E-state index in [2.05, 4.69) is 0 Å². The summed E-state index contributed by atoms with van der Waals surface area (Å²) >= 11 is 0. The standard InChI is InChI=1S/C19H26O5/c1-18-8-13(21)15-10(11(18)5-6-14(18)22)4-3-9-7-12(20)16(23)17(24)19(9,15)2/h7,10-11,13,15-17,21,23-24H,3-6,8H2,1-2H3/t10-,11-,13-,15+,16?,17?,18-,19-/m0/s1. The van der Waals surface area contributed by atoms with Gasteiger partial charge in [0.25, 0.3) is 0 Å². The monoisotopic (exact) mass is 334 g/mol. The number of hydrogen-bond acceptors (Lipinski definition) is 5. The maximum Gasteiger partial charge on any atom is 0.186 e. The minimum Gasteiger partial charge on any atom is -0.393 e. The molecule has 0 radical (unpaired) electrons. The summed E-state index contributed by atoms with van der Waals surface area (Å²) in [6, 6.07) is 0. The summed E-state index contributed by atoms with van der Waals surface area (Å²) in [4.78, 5) is 24.3. The first-order chi connectivity index (χ1) is 11.2. The fourth-order valence-electron chi connectivity index (χ4n) is 6.53. The molecule has 4 aliphatic rings. The Morgan fingerprint density at radius 1 is 1.08 bits per heavy atom. The summed E-state index contributed by atoms with van der Waals surface area (Å²) in [7, 11) is 0. The topological polar surface area (TPSA) is 94.8 Å². The molecule has 8 atom stereocenters. The van der Waals surface area contributed by atoms with Crippen molar-refractivity contribution in [1.29, 1.82) is 0 Å². The van der Waals surface area contributed by atoms with E-state index in [-0.39, 0.29) is 23.5 Å². The van der Waals surface area contributed by atoms with E-state index < -0.39 is 34.9 Å². The van der Waals surface area contributed by atoms with Gasteiger partial charge in [0.05, 0.1) is 12.2 Å². The molecule has 5 nitrogen and oxygen atoms in total. The molecule has 24 heavy (non-hydrogen) atoms. The first kappa shape index (κ1) is 16.4. The van der Waals surface area contributed by atoms with Crippen LogP contribution in [-0.2, 0) is 9.59 Å². The molecule has 0 heterocycles. The summed E-state index contributed by atoms with van der Waals surface area (Å²) < 4.78 is 0. The molecule has 2 unspecified atom stereocenters. The van der Waals surface area contributed by atoms with Gasteiger partial charge in [0.1, 0.15) is 11.9 Å². The van der Waals surface area contributed by atoms with Gasteiger partial charge in [0, 0.05) is 17.3 Å². The summed E-state index contributed by atoms with van der Waals surface area (Å²) in [6.07, 6.45) is 1.48. The highest BCUT2D eigenvalue weighted by Crippen LogP contribution is 2.64. The van der Waals surface area contributed by atoms with Crippen LogP contribution in [0.2, 0.25) is 0 Å². The van der Waals surface area contributed by atoms with Crippen LogP contribution in [0.25, 0.3) is 0 Å². The van der Waals surface area contributed by atoms with Gasteiger partial charge in [0.2, 0.25) is 0 Å². The number of rotatable bonds is 0. The van der Waals surface area contributed by atoms with Crippen molar-refractivity contribution in [1.82, 2.24) is 0 Å². The zero-order valence-corrected chi connectivity index (χ0v) is 14.2. The minimum absolute atomic E-state index is 0.141. The van der Waals surface area contributed by atoms with Crippen LogP contribution in [0.3, 0.4) is 0 Å². The van der Waals surface area contributed by atoms with E-state index in [1.54, 1.807) is 0 Å². The van der Waals surface area contributed by atoms with Gasteiger partial charge in [-0.05, 0) is 49.5 Å². The molecule has 0 aromatic carbocycles. The Labute approximate surface area is 141 Å². The van der Waals surface area contributed by atoms with Crippen LogP contribution in [0.4, 0.5) is 0 Å². The van der Waals surface area contributed by atoms with E-state index in [0.717, 1.165) is 18.4 Å². The van der Waals surface area contributed by atoms with Gasteiger partial charge in [-0.25, -0.2) is 0 Å². The highest BCUT2D eigenvalue weighted by molar-refractivity contribution is 5.96. The van der Waals surface area contributed by atoms with Crippen molar-refractivity contribution in [3.8, 4) is 0 Å². The first-order valence-electron chi connectivity index (χ1n) is 9.03. The molecule has 0 bridgehead atoms. The second-order valence-electron chi connectivity index (χ2n) is 8.73. The predicted molar refractivity (Wildman–Crippen MR) is 85.9 cm³/mol. The Morgan fingerprint density at radius 2 is 1.79 bits per heavy atom. The number of aliphatic hydroxyl groups excluding tert-OH is 3. The number of carbonyl (C=O) groups is 2. The summed E-state index contributed by atoms with van der Waals surface area (Å²) in [5.41, 5.74) is -0.423. The molecule has 3 saturated carbocycles. The highest BCUT2D eigenvalue weighted by Gasteiger charge is 2.64. The van der Waals surface area contributed by atoms with Crippen LogP contribution in [0.1, 0.15) is 46.0 Å². The lowest BCUT2D eigenvalue weighted by Gasteiger charge is -2.60. The second-order valence-corrected chi connectivity index (χ2v) is 8.73. The molecule has 0 amide bonds. The summed E-state index contributed by atoms with van der Waals surface area (Å²) in [5, 5.41) is 31.8. The van der Waals surface area contributed by atoms with Crippen molar-refractivity contribution >= 4 is 11.6 Å².